The summed E-state index contributed by atoms with van der Waals surface area (Å²) in [5.41, 5.74) is 0. The first-order valence-electron chi connectivity index (χ1n) is 3.76. The molecule has 3 heteroatoms. The molecule has 0 amide bonds. The Morgan fingerprint density at radius 1 is 1.60 bits per heavy atom. The van der Waals surface area contributed by atoms with Crippen LogP contribution >= 0.6 is 0 Å². The number of carboxylic acids is 1. The van der Waals surface area contributed by atoms with Crippen molar-refractivity contribution in [3.63, 3.8) is 0 Å². The third-order valence-corrected chi connectivity index (χ3v) is 2.63. The van der Waals surface area contributed by atoms with Gasteiger partial charge in [-0.2, -0.15) is 0 Å². The Hall–Kier alpha value is -0.570. The molecule has 2 aliphatic heterocycles. The van der Waals surface area contributed by atoms with Crippen molar-refractivity contribution >= 4 is 5.97 Å². The van der Waals surface area contributed by atoms with Crippen LogP contribution in [0.3, 0.4) is 0 Å². The van der Waals surface area contributed by atoms with Crippen LogP contribution in [0, 0.1) is 5.92 Å². The number of rotatable bonds is 1. The second-order valence-electron chi connectivity index (χ2n) is 3.15. The molecule has 0 saturated carbocycles. The van der Waals surface area contributed by atoms with Crippen LogP contribution in [0.4, 0.5) is 0 Å². The van der Waals surface area contributed by atoms with Crippen molar-refractivity contribution < 1.29 is 9.90 Å². The van der Waals surface area contributed by atoms with Gasteiger partial charge >= 0.3 is 5.97 Å². The SMILES string of the molecule is O=C(O)[C@@H]1CN2CCC[C@@H]12. The summed E-state index contributed by atoms with van der Waals surface area (Å²) in [6.45, 7) is 1.91. The number of hydrogen-bond donors (Lipinski definition) is 1. The van der Waals surface area contributed by atoms with Gasteiger partial charge in [-0.15, -0.1) is 0 Å². The molecule has 3 nitrogen and oxygen atoms in total. The highest BCUT2D eigenvalue weighted by molar-refractivity contribution is 5.72. The van der Waals surface area contributed by atoms with Gasteiger partial charge in [0.1, 0.15) is 0 Å². The zero-order valence-electron chi connectivity index (χ0n) is 5.79. The quantitative estimate of drug-likeness (QED) is 0.565. The van der Waals surface area contributed by atoms with E-state index in [1.807, 2.05) is 0 Å². The van der Waals surface area contributed by atoms with E-state index in [2.05, 4.69) is 4.90 Å². The monoisotopic (exact) mass is 141 g/mol. The molecular weight excluding hydrogens is 130 g/mol. The highest BCUT2D eigenvalue weighted by atomic mass is 16.4. The number of aliphatic carboxylic acids is 1. The smallest absolute Gasteiger partial charge is 0.309 e. The van der Waals surface area contributed by atoms with E-state index in [1.54, 1.807) is 0 Å². The predicted molar refractivity (Wildman–Crippen MR) is 35.7 cm³/mol. The lowest BCUT2D eigenvalue weighted by Crippen LogP contribution is -2.55. The second-order valence-corrected chi connectivity index (χ2v) is 3.15. The maximum absolute atomic E-state index is 10.5. The maximum Gasteiger partial charge on any atom is 0.309 e. The molecular formula is C7H11NO2. The molecule has 2 aliphatic rings. The molecule has 2 saturated heterocycles. The second kappa shape index (κ2) is 1.95. The molecule has 2 rings (SSSR count). The molecule has 10 heavy (non-hydrogen) atoms. The lowest BCUT2D eigenvalue weighted by Gasteiger charge is -2.40. The van der Waals surface area contributed by atoms with Crippen LogP contribution in [0.2, 0.25) is 0 Å². The van der Waals surface area contributed by atoms with Crippen LogP contribution in [0.15, 0.2) is 0 Å². The molecule has 0 aliphatic carbocycles. The number of fused-ring (bicyclic) bond motifs is 1. The summed E-state index contributed by atoms with van der Waals surface area (Å²) in [6, 6.07) is 0.387. The minimum atomic E-state index is -0.608. The van der Waals surface area contributed by atoms with Crippen LogP contribution < -0.4 is 0 Å². The van der Waals surface area contributed by atoms with Crippen LogP contribution in [0.1, 0.15) is 12.8 Å². The van der Waals surface area contributed by atoms with Gasteiger partial charge in [0, 0.05) is 12.6 Å². The molecule has 2 heterocycles. The molecule has 0 bridgehead atoms. The highest BCUT2D eigenvalue weighted by Crippen LogP contribution is 2.33. The fourth-order valence-corrected chi connectivity index (χ4v) is 2.01. The number of hydrogen-bond acceptors (Lipinski definition) is 2. The normalized spacial score (nSPS) is 38.8. The predicted octanol–water partition coefficient (Wildman–Crippen LogP) is 0.165. The third kappa shape index (κ3) is 0.669. The van der Waals surface area contributed by atoms with Gasteiger partial charge in [-0.05, 0) is 19.4 Å². The molecule has 2 fully saturated rings. The van der Waals surface area contributed by atoms with E-state index in [1.165, 1.54) is 6.42 Å². The van der Waals surface area contributed by atoms with Crippen molar-refractivity contribution in [2.75, 3.05) is 13.1 Å². The molecule has 1 N–H and O–H groups in total. The molecule has 2 atom stereocenters. The first-order chi connectivity index (χ1) is 4.79. The highest BCUT2D eigenvalue weighted by Gasteiger charge is 2.45. The summed E-state index contributed by atoms with van der Waals surface area (Å²) >= 11 is 0. The van der Waals surface area contributed by atoms with Gasteiger partial charge in [-0.1, -0.05) is 0 Å². The molecule has 0 unspecified atom stereocenters. The lowest BCUT2D eigenvalue weighted by molar-refractivity contribution is -0.150. The van der Waals surface area contributed by atoms with E-state index in [9.17, 15) is 4.79 Å². The van der Waals surface area contributed by atoms with Gasteiger partial charge < -0.3 is 5.11 Å². The summed E-state index contributed by atoms with van der Waals surface area (Å²) in [4.78, 5) is 12.8. The van der Waals surface area contributed by atoms with E-state index in [4.69, 9.17) is 5.11 Å². The Balaban J connectivity index is 2.00. The van der Waals surface area contributed by atoms with Crippen molar-refractivity contribution in [1.82, 2.24) is 4.90 Å². The Labute approximate surface area is 59.6 Å². The molecule has 0 aromatic rings. The van der Waals surface area contributed by atoms with Crippen molar-refractivity contribution in [2.45, 2.75) is 18.9 Å². The molecule has 0 aromatic carbocycles. The fraction of sp³-hybridized carbons (Fsp3) is 0.857. The van der Waals surface area contributed by atoms with Crippen LogP contribution in [0.25, 0.3) is 0 Å². The van der Waals surface area contributed by atoms with Crippen LogP contribution in [0.5, 0.6) is 0 Å². The van der Waals surface area contributed by atoms with E-state index >= 15 is 0 Å². The Bertz CT molecular complexity index is 169. The zero-order chi connectivity index (χ0) is 7.14. The van der Waals surface area contributed by atoms with E-state index < -0.39 is 5.97 Å². The number of nitrogens with zero attached hydrogens (tertiary/aromatic N) is 1. The topological polar surface area (TPSA) is 40.5 Å². The van der Waals surface area contributed by atoms with Gasteiger partial charge in [0.05, 0.1) is 5.92 Å². The zero-order valence-corrected chi connectivity index (χ0v) is 5.79. The number of carbonyl (C=O) groups is 1. The van der Waals surface area contributed by atoms with E-state index in [0.29, 0.717) is 6.04 Å². The Morgan fingerprint density at radius 3 is 3.00 bits per heavy atom. The largest absolute Gasteiger partial charge is 0.481 e. The summed E-state index contributed by atoms with van der Waals surface area (Å²) in [5.74, 6) is -0.661. The van der Waals surface area contributed by atoms with Gasteiger partial charge in [0.25, 0.3) is 0 Å². The van der Waals surface area contributed by atoms with Crippen molar-refractivity contribution in [3.8, 4) is 0 Å². The maximum atomic E-state index is 10.5. The molecule has 0 radical (unpaired) electrons. The minimum absolute atomic E-state index is 0.0532. The number of carboxylic acid groups (broad SMARTS) is 1. The summed E-state index contributed by atoms with van der Waals surface area (Å²) in [7, 11) is 0. The van der Waals surface area contributed by atoms with Crippen molar-refractivity contribution in [3.05, 3.63) is 0 Å². The van der Waals surface area contributed by atoms with Crippen molar-refractivity contribution in [2.24, 2.45) is 5.92 Å². The first-order valence-corrected chi connectivity index (χ1v) is 3.76. The molecule has 0 spiro atoms. The van der Waals surface area contributed by atoms with Crippen LogP contribution in [-0.4, -0.2) is 35.1 Å². The fourth-order valence-electron chi connectivity index (χ4n) is 2.01. The molecule has 56 valence electrons. The van der Waals surface area contributed by atoms with Crippen LogP contribution in [-0.2, 0) is 4.79 Å². The summed E-state index contributed by atoms with van der Waals surface area (Å²) in [6.07, 6.45) is 2.28. The average molecular weight is 141 g/mol. The molecule has 0 aromatic heterocycles. The van der Waals surface area contributed by atoms with E-state index in [0.717, 1.165) is 19.5 Å². The average Bonchev–Trinajstić information content (AvgIpc) is 2.11. The minimum Gasteiger partial charge on any atom is -0.481 e. The van der Waals surface area contributed by atoms with E-state index in [-0.39, 0.29) is 5.92 Å². The Morgan fingerprint density at radius 2 is 2.40 bits per heavy atom. The summed E-state index contributed by atoms with van der Waals surface area (Å²) < 4.78 is 0. The van der Waals surface area contributed by atoms with Gasteiger partial charge in [0.15, 0.2) is 0 Å². The first kappa shape index (κ1) is 6.16. The van der Waals surface area contributed by atoms with Gasteiger partial charge in [-0.3, -0.25) is 9.69 Å². The summed E-state index contributed by atoms with van der Waals surface area (Å²) in [5, 5.41) is 8.65. The standard InChI is InChI=1S/C7H11NO2/c9-7(10)5-4-8-3-1-2-6(5)8/h5-6H,1-4H2,(H,9,10)/t5-,6+/m1/s1. The van der Waals surface area contributed by atoms with Crippen molar-refractivity contribution in [1.29, 1.82) is 0 Å². The third-order valence-electron chi connectivity index (χ3n) is 2.63. The lowest BCUT2D eigenvalue weighted by atomic mass is 9.90. The van der Waals surface area contributed by atoms with Gasteiger partial charge in [-0.25, -0.2) is 0 Å². The Kier molecular flexibility index (Phi) is 1.20. The van der Waals surface area contributed by atoms with Gasteiger partial charge in [0.2, 0.25) is 0 Å².